The Morgan fingerprint density at radius 3 is 2.15 bits per heavy atom. The van der Waals surface area contributed by atoms with Crippen LogP contribution in [0.25, 0.3) is 5.57 Å². The smallest absolute Gasteiger partial charge is 0.119 e. The van der Waals surface area contributed by atoms with E-state index in [0.717, 1.165) is 44.4 Å². The molecule has 0 saturated heterocycles. The highest BCUT2D eigenvalue weighted by molar-refractivity contribution is 5.87. The molecule has 0 fully saturated rings. The Balaban J connectivity index is 1.98. The number of hydrogen-bond donors (Lipinski definition) is 1. The molecule has 0 unspecified atom stereocenters. The van der Waals surface area contributed by atoms with E-state index in [4.69, 9.17) is 4.74 Å². The van der Waals surface area contributed by atoms with E-state index in [2.05, 4.69) is 73.0 Å². The summed E-state index contributed by atoms with van der Waals surface area (Å²) in [6.45, 7) is 3.80. The van der Waals surface area contributed by atoms with Crippen LogP contribution in [0.2, 0.25) is 0 Å². The molecule has 2 heteroatoms. The lowest BCUT2D eigenvalue weighted by Gasteiger charge is -2.20. The first-order chi connectivity index (χ1) is 13.3. The summed E-state index contributed by atoms with van der Waals surface area (Å²) in [5, 5.41) is 3.11. The molecule has 0 aromatic heterocycles. The van der Waals surface area contributed by atoms with Gasteiger partial charge in [-0.3, -0.25) is 0 Å². The van der Waals surface area contributed by atoms with Crippen LogP contribution in [0.3, 0.4) is 0 Å². The monoisotopic (exact) mass is 361 g/mol. The summed E-state index contributed by atoms with van der Waals surface area (Å²) in [5.74, 6) is 0.927. The summed E-state index contributed by atoms with van der Waals surface area (Å²) in [6.07, 6.45) is 19.5. The second-order valence-electron chi connectivity index (χ2n) is 6.96. The van der Waals surface area contributed by atoms with Crippen LogP contribution in [0.15, 0.2) is 77.4 Å². The highest BCUT2D eigenvalue weighted by Gasteiger charge is 2.16. The number of ether oxygens (including phenoxy) is 1. The molecule has 0 atom stereocenters. The quantitative estimate of drug-likeness (QED) is 0.573. The van der Waals surface area contributed by atoms with E-state index >= 15 is 0 Å². The van der Waals surface area contributed by atoms with E-state index in [1.165, 1.54) is 27.9 Å². The maximum absolute atomic E-state index is 5.80. The number of allylic oxidation sites excluding steroid dienone is 10. The van der Waals surface area contributed by atoms with Crippen LogP contribution in [0.1, 0.15) is 44.6 Å². The summed E-state index contributed by atoms with van der Waals surface area (Å²) in [6, 6.07) is 8.60. The summed E-state index contributed by atoms with van der Waals surface area (Å²) in [4.78, 5) is 0. The lowest BCUT2D eigenvalue weighted by Crippen LogP contribution is -2.15. The van der Waals surface area contributed by atoms with Crippen LogP contribution in [-0.4, -0.2) is 20.2 Å². The molecule has 142 valence electrons. The van der Waals surface area contributed by atoms with Gasteiger partial charge in [-0.1, -0.05) is 55.5 Å². The van der Waals surface area contributed by atoms with Crippen molar-refractivity contribution in [3.63, 3.8) is 0 Å². The van der Waals surface area contributed by atoms with E-state index in [1.807, 2.05) is 7.05 Å². The van der Waals surface area contributed by atoms with Crippen LogP contribution in [0, 0.1) is 0 Å². The largest absolute Gasteiger partial charge is 0.492 e. The fourth-order valence-corrected chi connectivity index (χ4v) is 3.67. The Labute approximate surface area is 164 Å². The van der Waals surface area contributed by atoms with E-state index in [0.29, 0.717) is 6.61 Å². The Morgan fingerprint density at radius 1 is 0.926 bits per heavy atom. The minimum absolute atomic E-state index is 0.685. The molecule has 3 rings (SSSR count). The fourth-order valence-electron chi connectivity index (χ4n) is 3.67. The highest BCUT2D eigenvalue weighted by atomic mass is 16.5. The third kappa shape index (κ3) is 5.11. The van der Waals surface area contributed by atoms with Gasteiger partial charge < -0.3 is 10.1 Å². The summed E-state index contributed by atoms with van der Waals surface area (Å²) >= 11 is 0. The van der Waals surface area contributed by atoms with Crippen molar-refractivity contribution in [2.75, 3.05) is 20.2 Å². The first kappa shape index (κ1) is 19.4. The lowest BCUT2D eigenvalue weighted by molar-refractivity contribution is 0.318. The van der Waals surface area contributed by atoms with E-state index < -0.39 is 0 Å². The van der Waals surface area contributed by atoms with Gasteiger partial charge in [0.15, 0.2) is 0 Å². The van der Waals surface area contributed by atoms with E-state index in [1.54, 1.807) is 0 Å². The van der Waals surface area contributed by atoms with Crippen molar-refractivity contribution in [1.82, 2.24) is 5.32 Å². The van der Waals surface area contributed by atoms with Crippen molar-refractivity contribution in [3.05, 3.63) is 83.0 Å². The van der Waals surface area contributed by atoms with Gasteiger partial charge in [0.25, 0.3) is 0 Å². The molecule has 2 aliphatic rings. The first-order valence-electron chi connectivity index (χ1n) is 10.2. The number of hydrogen-bond acceptors (Lipinski definition) is 2. The molecular formula is C25H31NO. The predicted octanol–water partition coefficient (Wildman–Crippen LogP) is 6.00. The van der Waals surface area contributed by atoms with E-state index in [9.17, 15) is 0 Å². The lowest BCUT2D eigenvalue weighted by atomic mass is 9.84. The van der Waals surface area contributed by atoms with Gasteiger partial charge in [0, 0.05) is 6.54 Å². The second kappa shape index (κ2) is 10.1. The molecule has 1 N–H and O–H groups in total. The number of likely N-dealkylation sites (N-methyl/N-ethyl adjacent to an activating group) is 1. The summed E-state index contributed by atoms with van der Waals surface area (Å²) in [5.41, 5.74) is 6.81. The van der Waals surface area contributed by atoms with Crippen LogP contribution in [-0.2, 0) is 0 Å². The Morgan fingerprint density at radius 2 is 1.59 bits per heavy atom. The topological polar surface area (TPSA) is 21.3 Å². The van der Waals surface area contributed by atoms with Crippen LogP contribution in [0.5, 0.6) is 5.75 Å². The van der Waals surface area contributed by atoms with Gasteiger partial charge in [-0.25, -0.2) is 0 Å². The van der Waals surface area contributed by atoms with Crippen molar-refractivity contribution in [2.24, 2.45) is 0 Å². The number of nitrogens with one attached hydrogen (secondary N) is 1. The molecule has 0 spiro atoms. The van der Waals surface area contributed by atoms with Crippen molar-refractivity contribution >= 4 is 5.57 Å². The Bertz CT molecular complexity index is 775. The zero-order valence-electron chi connectivity index (χ0n) is 16.6. The van der Waals surface area contributed by atoms with Gasteiger partial charge in [0.05, 0.1) is 0 Å². The van der Waals surface area contributed by atoms with Crippen molar-refractivity contribution in [3.8, 4) is 5.75 Å². The molecular weight excluding hydrogens is 330 g/mol. The maximum atomic E-state index is 5.80. The average Bonchev–Trinajstić information content (AvgIpc) is 2.74. The first-order valence-corrected chi connectivity index (χ1v) is 10.2. The normalized spacial score (nSPS) is 17.3. The molecule has 0 heterocycles. The molecule has 1 aromatic carbocycles. The summed E-state index contributed by atoms with van der Waals surface area (Å²) in [7, 11) is 1.94. The Kier molecular flexibility index (Phi) is 7.29. The summed E-state index contributed by atoms with van der Waals surface area (Å²) < 4.78 is 5.80. The molecule has 0 bridgehead atoms. The predicted molar refractivity (Wildman–Crippen MR) is 116 cm³/mol. The van der Waals surface area contributed by atoms with Crippen molar-refractivity contribution < 1.29 is 4.74 Å². The Hall–Kier alpha value is -2.32. The highest BCUT2D eigenvalue weighted by Crippen LogP contribution is 2.36. The molecule has 1 aromatic rings. The zero-order valence-corrected chi connectivity index (χ0v) is 16.6. The second-order valence-corrected chi connectivity index (χ2v) is 6.96. The average molecular weight is 362 g/mol. The van der Waals surface area contributed by atoms with Gasteiger partial charge in [-0.2, -0.15) is 0 Å². The molecule has 2 aliphatic carbocycles. The van der Waals surface area contributed by atoms with Crippen LogP contribution in [0.4, 0.5) is 0 Å². The van der Waals surface area contributed by atoms with Gasteiger partial charge in [0.2, 0.25) is 0 Å². The number of benzene rings is 1. The fraction of sp³-hybridized carbons (Fsp3) is 0.360. The van der Waals surface area contributed by atoms with Crippen molar-refractivity contribution in [1.29, 1.82) is 0 Å². The third-order valence-electron chi connectivity index (χ3n) is 5.05. The number of rotatable bonds is 8. The SMILES string of the molecule is CC/C(C1=CCCC=C1)=C(/C1=CCCC=C1)c1ccc(OCCNC)cc1. The molecule has 0 amide bonds. The maximum Gasteiger partial charge on any atom is 0.119 e. The molecule has 0 aliphatic heterocycles. The van der Waals surface area contributed by atoms with Gasteiger partial charge in [-0.15, -0.1) is 0 Å². The minimum atomic E-state index is 0.685. The standard InChI is InChI=1S/C25H31NO/c1-3-24(20-10-6-4-7-11-20)25(21-12-8-5-9-13-21)22-14-16-23(17-15-22)27-19-18-26-2/h6,8,10-17,26H,3-5,7,9,18-19H2,1-2H3/b25-24+. The molecule has 27 heavy (non-hydrogen) atoms. The van der Waals surface area contributed by atoms with Gasteiger partial charge in [-0.05, 0) is 79.1 Å². The van der Waals surface area contributed by atoms with Crippen molar-refractivity contribution in [2.45, 2.75) is 39.0 Å². The third-order valence-corrected chi connectivity index (χ3v) is 5.05. The van der Waals surface area contributed by atoms with Crippen LogP contribution < -0.4 is 10.1 Å². The molecule has 0 saturated carbocycles. The van der Waals surface area contributed by atoms with E-state index in [-0.39, 0.29) is 0 Å². The zero-order chi connectivity index (χ0) is 18.9. The van der Waals surface area contributed by atoms with Crippen LogP contribution >= 0.6 is 0 Å². The van der Waals surface area contributed by atoms with Gasteiger partial charge >= 0.3 is 0 Å². The minimum Gasteiger partial charge on any atom is -0.492 e. The molecule has 2 nitrogen and oxygen atoms in total. The molecule has 0 radical (unpaired) electrons. The van der Waals surface area contributed by atoms with Gasteiger partial charge in [0.1, 0.15) is 12.4 Å².